The van der Waals surface area contributed by atoms with Crippen LogP contribution in [0.4, 0.5) is 5.69 Å². The molecule has 1 aliphatic carbocycles. The third-order valence-electron chi connectivity index (χ3n) is 12.0. The number of rotatable bonds is 6. The minimum absolute atomic E-state index is 0.122. The highest BCUT2D eigenvalue weighted by molar-refractivity contribution is 6.33. The zero-order valence-electron chi connectivity index (χ0n) is 29.1. The molecule has 4 aliphatic rings. The third kappa shape index (κ3) is 7.26. The third-order valence-corrected chi connectivity index (χ3v) is 12.4. The monoisotopic (exact) mass is 697 g/mol. The molecule has 2 N–H and O–H groups in total. The fourth-order valence-corrected chi connectivity index (χ4v) is 9.19. The van der Waals surface area contributed by atoms with Crippen molar-refractivity contribution in [2.45, 2.75) is 81.6 Å². The van der Waals surface area contributed by atoms with E-state index in [1.165, 1.54) is 28.5 Å². The van der Waals surface area contributed by atoms with Crippen molar-refractivity contribution in [3.63, 3.8) is 0 Å². The lowest BCUT2D eigenvalue weighted by molar-refractivity contribution is -0.134. The van der Waals surface area contributed by atoms with E-state index in [2.05, 4.69) is 59.0 Å². The summed E-state index contributed by atoms with van der Waals surface area (Å²) in [4.78, 5) is 54.1. The summed E-state index contributed by atoms with van der Waals surface area (Å²) in [6.07, 6.45) is 10.4. The number of carbonyl (C=O) groups is 3. The molecule has 264 valence electrons. The number of imide groups is 1. The Balaban J connectivity index is 0.901. The van der Waals surface area contributed by atoms with Crippen LogP contribution in [0.3, 0.4) is 0 Å². The van der Waals surface area contributed by atoms with Crippen molar-refractivity contribution >= 4 is 35.0 Å². The van der Waals surface area contributed by atoms with Crippen LogP contribution in [0.1, 0.15) is 103 Å². The van der Waals surface area contributed by atoms with Gasteiger partial charge in [0.25, 0.3) is 11.5 Å². The molecule has 4 heterocycles. The van der Waals surface area contributed by atoms with Crippen molar-refractivity contribution in [2.24, 2.45) is 12.5 Å². The predicted molar refractivity (Wildman–Crippen MR) is 196 cm³/mol. The molecular formula is C40H48ClN5O4. The highest BCUT2D eigenvalue weighted by Crippen LogP contribution is 2.49. The Morgan fingerprint density at radius 1 is 0.820 bits per heavy atom. The summed E-state index contributed by atoms with van der Waals surface area (Å²) in [5, 5.41) is 6.19. The standard InChI is InChI=1S/C40H48ClN5O4/c1-44-24-31(23-32(25-44)42-34-15-20-45(2)39(50)36(34)41)27-5-9-30(10-6-27)38(49)46-21-18-40(19-22-46)16-13-28(14-17-40)26-3-7-29(8-4-26)33-11-12-35(47)43-37(33)48/h3-10,15,20,28,31-33,42H,11-14,16-19,21-25H2,1-2H3,(H,43,47,48)/t31-,32+,33?/m1/s1. The molecule has 1 saturated carbocycles. The zero-order valence-corrected chi connectivity index (χ0v) is 29.9. The van der Waals surface area contributed by atoms with E-state index in [-0.39, 0.29) is 40.3 Å². The number of piperidine rings is 3. The number of carbonyl (C=O) groups excluding carboxylic acids is 3. The lowest BCUT2D eigenvalue weighted by Gasteiger charge is -2.46. The number of aromatic nitrogens is 1. The number of likely N-dealkylation sites (N-methyl/N-ethyl adjacent to an activating group) is 1. The Morgan fingerprint density at radius 2 is 1.46 bits per heavy atom. The largest absolute Gasteiger partial charge is 0.380 e. The first-order chi connectivity index (χ1) is 24.1. The van der Waals surface area contributed by atoms with Gasteiger partial charge in [-0.1, -0.05) is 48.0 Å². The summed E-state index contributed by atoms with van der Waals surface area (Å²) >= 11 is 6.36. The van der Waals surface area contributed by atoms with Crippen molar-refractivity contribution in [2.75, 3.05) is 38.5 Å². The van der Waals surface area contributed by atoms with Crippen LogP contribution in [0.15, 0.2) is 65.6 Å². The first-order valence-electron chi connectivity index (χ1n) is 18.2. The number of amides is 3. The topological polar surface area (TPSA) is 104 Å². The molecule has 3 saturated heterocycles. The van der Waals surface area contributed by atoms with Crippen molar-refractivity contribution in [1.82, 2.24) is 19.7 Å². The molecule has 1 spiro atoms. The quantitative estimate of drug-likeness (QED) is 0.305. The summed E-state index contributed by atoms with van der Waals surface area (Å²) in [5.41, 5.74) is 5.08. The highest BCUT2D eigenvalue weighted by atomic mass is 35.5. The number of hydrogen-bond acceptors (Lipinski definition) is 6. The van der Waals surface area contributed by atoms with Crippen LogP contribution in [0.5, 0.6) is 0 Å². The van der Waals surface area contributed by atoms with Crippen molar-refractivity contribution in [3.05, 3.63) is 98.4 Å². The van der Waals surface area contributed by atoms with Gasteiger partial charge in [0.05, 0.1) is 11.6 Å². The van der Waals surface area contributed by atoms with E-state index in [4.69, 9.17) is 11.6 Å². The van der Waals surface area contributed by atoms with Gasteiger partial charge in [0.1, 0.15) is 5.02 Å². The number of hydrogen-bond donors (Lipinski definition) is 2. The van der Waals surface area contributed by atoms with Crippen molar-refractivity contribution in [3.8, 4) is 0 Å². The first kappa shape index (κ1) is 34.5. The molecular weight excluding hydrogens is 650 g/mol. The van der Waals surface area contributed by atoms with E-state index < -0.39 is 0 Å². The first-order valence-corrected chi connectivity index (χ1v) is 18.6. The minimum Gasteiger partial charge on any atom is -0.380 e. The van der Waals surface area contributed by atoms with Crippen LogP contribution < -0.4 is 16.2 Å². The van der Waals surface area contributed by atoms with Crippen LogP contribution in [0.25, 0.3) is 0 Å². The second-order valence-electron chi connectivity index (χ2n) is 15.3. The fourth-order valence-electron chi connectivity index (χ4n) is 8.93. The molecule has 3 aromatic rings. The Morgan fingerprint density at radius 3 is 2.14 bits per heavy atom. The lowest BCUT2D eigenvalue weighted by Crippen LogP contribution is -2.44. The van der Waals surface area contributed by atoms with Crippen molar-refractivity contribution < 1.29 is 14.4 Å². The Labute approximate surface area is 299 Å². The van der Waals surface area contributed by atoms with Gasteiger partial charge in [0, 0.05) is 57.4 Å². The maximum Gasteiger partial charge on any atom is 0.271 e. The molecule has 3 aliphatic heterocycles. The second kappa shape index (κ2) is 14.3. The molecule has 0 radical (unpaired) electrons. The second-order valence-corrected chi connectivity index (χ2v) is 15.7. The normalized spacial score (nSPS) is 24.6. The van der Waals surface area contributed by atoms with Crippen LogP contribution in [-0.2, 0) is 16.6 Å². The number of pyridine rings is 1. The molecule has 50 heavy (non-hydrogen) atoms. The summed E-state index contributed by atoms with van der Waals surface area (Å²) in [6, 6.07) is 18.7. The van der Waals surface area contributed by atoms with Gasteiger partial charge in [0.15, 0.2) is 0 Å². The van der Waals surface area contributed by atoms with Gasteiger partial charge in [0.2, 0.25) is 11.8 Å². The molecule has 2 aromatic carbocycles. The number of aryl methyl sites for hydroxylation is 1. The molecule has 1 unspecified atom stereocenters. The summed E-state index contributed by atoms with van der Waals surface area (Å²) in [7, 11) is 3.81. The highest BCUT2D eigenvalue weighted by Gasteiger charge is 2.39. The summed E-state index contributed by atoms with van der Waals surface area (Å²) in [6.45, 7) is 3.39. The molecule has 10 heteroatoms. The van der Waals surface area contributed by atoms with Crippen LogP contribution in [-0.4, -0.2) is 71.4 Å². The van der Waals surface area contributed by atoms with Gasteiger partial charge >= 0.3 is 0 Å². The Bertz CT molecular complexity index is 1790. The number of nitrogens with zero attached hydrogens (tertiary/aromatic N) is 3. The maximum atomic E-state index is 13.6. The molecule has 9 nitrogen and oxygen atoms in total. The van der Waals surface area contributed by atoms with Gasteiger partial charge in [-0.15, -0.1) is 0 Å². The molecule has 3 amide bonds. The van der Waals surface area contributed by atoms with E-state index in [9.17, 15) is 19.2 Å². The average molecular weight is 698 g/mol. The number of nitrogens with one attached hydrogen (secondary N) is 2. The molecule has 4 fully saturated rings. The summed E-state index contributed by atoms with van der Waals surface area (Å²) < 4.78 is 1.48. The smallest absolute Gasteiger partial charge is 0.271 e. The fraction of sp³-hybridized carbons (Fsp3) is 0.500. The van der Waals surface area contributed by atoms with Gasteiger partial charge < -0.3 is 19.7 Å². The lowest BCUT2D eigenvalue weighted by atomic mass is 9.64. The number of benzene rings is 2. The van der Waals surface area contributed by atoms with Gasteiger partial charge in [-0.05, 0) is 111 Å². The Hall–Kier alpha value is -3.95. The van der Waals surface area contributed by atoms with Crippen LogP contribution in [0, 0.1) is 5.41 Å². The Kier molecular flexibility index (Phi) is 9.90. The van der Waals surface area contributed by atoms with Crippen molar-refractivity contribution in [1.29, 1.82) is 0 Å². The number of anilines is 1. The summed E-state index contributed by atoms with van der Waals surface area (Å²) in [5.74, 6) is 0.343. The van der Waals surface area contributed by atoms with E-state index in [1.807, 2.05) is 23.1 Å². The SMILES string of the molecule is CN1C[C@@H](Nc2ccn(C)c(=O)c2Cl)C[C@@H](c2ccc(C(=O)N3CCC4(CCC(c5ccc(C6CCC(=O)NC6=O)cc5)CC4)CC3)cc2)C1. The zero-order chi connectivity index (χ0) is 35.0. The number of likely N-dealkylation sites (tertiary alicyclic amines) is 2. The van der Waals surface area contributed by atoms with Crippen LogP contribution in [0.2, 0.25) is 5.02 Å². The average Bonchev–Trinajstić information content (AvgIpc) is 3.12. The minimum atomic E-state index is -0.239. The molecule has 1 aromatic heterocycles. The predicted octanol–water partition coefficient (Wildman–Crippen LogP) is 6.04. The van der Waals surface area contributed by atoms with E-state index in [1.54, 1.807) is 13.2 Å². The maximum absolute atomic E-state index is 13.6. The van der Waals surface area contributed by atoms with Gasteiger partial charge in [-0.3, -0.25) is 24.5 Å². The molecule has 0 bridgehead atoms. The molecule has 3 atom stereocenters. The van der Waals surface area contributed by atoms with Gasteiger partial charge in [-0.25, -0.2) is 0 Å². The van der Waals surface area contributed by atoms with E-state index in [0.29, 0.717) is 35.8 Å². The van der Waals surface area contributed by atoms with E-state index in [0.717, 1.165) is 69.4 Å². The van der Waals surface area contributed by atoms with Gasteiger partial charge in [-0.2, -0.15) is 0 Å². The molecule has 7 rings (SSSR count). The van der Waals surface area contributed by atoms with E-state index >= 15 is 0 Å². The number of halogens is 1. The van der Waals surface area contributed by atoms with Crippen LogP contribution >= 0.6 is 11.6 Å².